The molecule has 0 bridgehead atoms. The van der Waals surface area contributed by atoms with Gasteiger partial charge in [0.1, 0.15) is 5.60 Å². The van der Waals surface area contributed by atoms with Crippen LogP contribution in [0.15, 0.2) is 0 Å². The van der Waals surface area contributed by atoms with Crippen LogP contribution in [0.1, 0.15) is 26.3 Å². The van der Waals surface area contributed by atoms with Gasteiger partial charge in [0.2, 0.25) is 11.8 Å². The Morgan fingerprint density at radius 2 is 1.60 bits per heavy atom. The second-order valence-corrected chi connectivity index (χ2v) is 4.18. The normalized spacial score (nSPS) is 11.7. The molecule has 0 saturated heterocycles. The van der Waals surface area contributed by atoms with Gasteiger partial charge in [-0.3, -0.25) is 0 Å². The van der Waals surface area contributed by atoms with Crippen molar-refractivity contribution in [1.82, 2.24) is 4.98 Å². The summed E-state index contributed by atoms with van der Waals surface area (Å²) >= 11 is 0. The first kappa shape index (κ1) is 11.8. The zero-order valence-corrected chi connectivity index (χ0v) is 8.99. The molecule has 0 aliphatic carbocycles. The predicted molar refractivity (Wildman–Crippen MR) is 49.2 cm³/mol. The third-order valence-electron chi connectivity index (χ3n) is 1.64. The van der Waals surface area contributed by atoms with Gasteiger partial charge in [0.25, 0.3) is 5.95 Å². The maximum absolute atomic E-state index is 13.2. The van der Waals surface area contributed by atoms with Crippen molar-refractivity contribution in [3.63, 3.8) is 0 Å². The van der Waals surface area contributed by atoms with Crippen molar-refractivity contribution in [2.45, 2.75) is 33.3 Å². The van der Waals surface area contributed by atoms with E-state index >= 15 is 0 Å². The average Bonchev–Trinajstić information content (AvgIpc) is 2.08. The minimum atomic E-state index is -1.49. The van der Waals surface area contributed by atoms with Gasteiger partial charge >= 0.3 is 0 Å². The zero-order valence-electron chi connectivity index (χ0n) is 8.99. The van der Waals surface area contributed by atoms with Gasteiger partial charge in [0, 0.05) is 5.56 Å². The summed E-state index contributed by atoms with van der Waals surface area (Å²) in [6.45, 7) is 6.25. The number of hydrogen-bond acceptors (Lipinski definition) is 2. The molecular formula is C10H12F3NO. The molecule has 0 aliphatic heterocycles. The van der Waals surface area contributed by atoms with Crippen molar-refractivity contribution >= 4 is 0 Å². The van der Waals surface area contributed by atoms with Crippen LogP contribution in [0.2, 0.25) is 0 Å². The van der Waals surface area contributed by atoms with Crippen molar-refractivity contribution < 1.29 is 17.9 Å². The predicted octanol–water partition coefficient (Wildman–Crippen LogP) is 2.98. The van der Waals surface area contributed by atoms with Crippen LogP contribution in [-0.4, -0.2) is 10.6 Å². The monoisotopic (exact) mass is 219 g/mol. The lowest BCUT2D eigenvalue weighted by atomic mass is 10.2. The molecule has 1 heterocycles. The summed E-state index contributed by atoms with van der Waals surface area (Å²) in [5, 5.41) is 0. The lowest BCUT2D eigenvalue weighted by molar-refractivity contribution is 0.120. The van der Waals surface area contributed by atoms with E-state index in [1.54, 1.807) is 20.8 Å². The Kier molecular flexibility index (Phi) is 2.93. The number of pyridine rings is 1. The molecule has 1 aromatic rings. The fraction of sp³-hybridized carbons (Fsp3) is 0.500. The molecule has 1 rings (SSSR count). The molecular weight excluding hydrogens is 207 g/mol. The van der Waals surface area contributed by atoms with E-state index in [0.717, 1.165) is 0 Å². The number of hydrogen-bond donors (Lipinski definition) is 0. The third kappa shape index (κ3) is 2.61. The number of aromatic nitrogens is 1. The highest BCUT2D eigenvalue weighted by atomic mass is 19.2. The van der Waals surface area contributed by atoms with Gasteiger partial charge in [0.15, 0.2) is 5.75 Å². The molecule has 0 saturated carbocycles. The van der Waals surface area contributed by atoms with Crippen LogP contribution in [0.4, 0.5) is 13.2 Å². The van der Waals surface area contributed by atoms with Crippen LogP contribution in [0.25, 0.3) is 0 Å². The first-order valence-electron chi connectivity index (χ1n) is 4.42. The molecule has 15 heavy (non-hydrogen) atoms. The highest BCUT2D eigenvalue weighted by molar-refractivity contribution is 5.32. The Hall–Kier alpha value is -1.26. The second-order valence-electron chi connectivity index (χ2n) is 4.18. The molecule has 0 radical (unpaired) electrons. The van der Waals surface area contributed by atoms with Gasteiger partial charge in [-0.1, -0.05) is 0 Å². The summed E-state index contributed by atoms with van der Waals surface area (Å²) in [6.07, 6.45) is 0. The van der Waals surface area contributed by atoms with Gasteiger partial charge in [0.05, 0.1) is 0 Å². The highest BCUT2D eigenvalue weighted by Crippen LogP contribution is 2.28. The van der Waals surface area contributed by atoms with Crippen molar-refractivity contribution in [1.29, 1.82) is 0 Å². The number of nitrogens with zero attached hydrogens (tertiary/aromatic N) is 1. The second kappa shape index (κ2) is 3.72. The Balaban J connectivity index is 3.27. The third-order valence-corrected chi connectivity index (χ3v) is 1.64. The summed E-state index contributed by atoms with van der Waals surface area (Å²) in [7, 11) is 0. The van der Waals surface area contributed by atoms with E-state index in [9.17, 15) is 13.2 Å². The molecule has 0 fully saturated rings. The van der Waals surface area contributed by atoms with E-state index in [1.807, 2.05) is 0 Å². The fourth-order valence-electron chi connectivity index (χ4n) is 0.999. The molecule has 84 valence electrons. The number of halogens is 3. The summed E-state index contributed by atoms with van der Waals surface area (Å²) in [5.41, 5.74) is -0.866. The Labute approximate surface area is 86.1 Å². The van der Waals surface area contributed by atoms with E-state index in [2.05, 4.69) is 4.98 Å². The quantitative estimate of drug-likeness (QED) is 0.677. The number of rotatable bonds is 1. The molecule has 0 unspecified atom stereocenters. The smallest absolute Gasteiger partial charge is 0.255 e. The first-order valence-corrected chi connectivity index (χ1v) is 4.42. The van der Waals surface area contributed by atoms with Crippen molar-refractivity contribution in [2.24, 2.45) is 0 Å². The van der Waals surface area contributed by atoms with Gasteiger partial charge in [-0.25, -0.2) is 0 Å². The fourth-order valence-corrected chi connectivity index (χ4v) is 0.999. The molecule has 0 aromatic carbocycles. The largest absolute Gasteiger partial charge is 0.484 e. The molecule has 0 N–H and O–H groups in total. The van der Waals surface area contributed by atoms with Crippen molar-refractivity contribution in [2.75, 3.05) is 0 Å². The van der Waals surface area contributed by atoms with Crippen molar-refractivity contribution in [3.05, 3.63) is 23.3 Å². The lowest BCUT2D eigenvalue weighted by Crippen LogP contribution is -2.25. The highest BCUT2D eigenvalue weighted by Gasteiger charge is 2.23. The van der Waals surface area contributed by atoms with E-state index in [-0.39, 0.29) is 5.56 Å². The van der Waals surface area contributed by atoms with Crippen LogP contribution in [0.3, 0.4) is 0 Å². The van der Waals surface area contributed by atoms with E-state index in [0.29, 0.717) is 0 Å². The van der Waals surface area contributed by atoms with Crippen LogP contribution in [0.5, 0.6) is 5.75 Å². The minimum absolute atomic E-state index is 0.135. The standard InChI is InChI=1S/C10H12F3NO/c1-5-7(15-10(2,3)4)6(11)9(13)14-8(5)12/h1-4H3. The summed E-state index contributed by atoms with van der Waals surface area (Å²) < 4.78 is 44.2. The Bertz CT molecular complexity index is 359. The molecule has 2 nitrogen and oxygen atoms in total. The zero-order chi connectivity index (χ0) is 11.8. The lowest BCUT2D eigenvalue weighted by Gasteiger charge is -2.22. The first-order chi connectivity index (χ1) is 6.72. The Morgan fingerprint density at radius 1 is 1.07 bits per heavy atom. The Morgan fingerprint density at radius 3 is 2.07 bits per heavy atom. The molecule has 0 atom stereocenters. The van der Waals surface area contributed by atoms with Crippen LogP contribution in [0, 0.1) is 24.6 Å². The molecule has 0 amide bonds. The van der Waals surface area contributed by atoms with E-state index in [4.69, 9.17) is 4.74 Å². The van der Waals surface area contributed by atoms with E-state index in [1.165, 1.54) is 6.92 Å². The van der Waals surface area contributed by atoms with Crippen LogP contribution in [-0.2, 0) is 0 Å². The average molecular weight is 219 g/mol. The molecule has 1 aromatic heterocycles. The van der Waals surface area contributed by atoms with Crippen LogP contribution >= 0.6 is 0 Å². The summed E-state index contributed by atoms with van der Waals surface area (Å²) in [4.78, 5) is 2.78. The van der Waals surface area contributed by atoms with Gasteiger partial charge in [-0.05, 0) is 27.7 Å². The van der Waals surface area contributed by atoms with Crippen molar-refractivity contribution in [3.8, 4) is 5.75 Å². The number of ether oxygens (including phenoxy) is 1. The minimum Gasteiger partial charge on any atom is -0.484 e. The molecule has 5 heteroatoms. The van der Waals surface area contributed by atoms with Crippen LogP contribution < -0.4 is 4.74 Å². The van der Waals surface area contributed by atoms with Gasteiger partial charge in [-0.2, -0.15) is 18.2 Å². The topological polar surface area (TPSA) is 22.1 Å². The van der Waals surface area contributed by atoms with E-state index < -0.39 is 29.1 Å². The SMILES string of the molecule is Cc1c(F)nc(F)c(F)c1OC(C)(C)C. The van der Waals surface area contributed by atoms with Gasteiger partial charge in [-0.15, -0.1) is 0 Å². The maximum atomic E-state index is 13.2. The van der Waals surface area contributed by atoms with Gasteiger partial charge < -0.3 is 4.74 Å². The molecule has 0 spiro atoms. The molecule has 0 aliphatic rings. The summed E-state index contributed by atoms with van der Waals surface area (Å²) in [5.74, 6) is -4.23. The maximum Gasteiger partial charge on any atom is 0.255 e. The summed E-state index contributed by atoms with van der Waals surface area (Å²) in [6, 6.07) is 0.